The second-order valence-electron chi connectivity index (χ2n) is 3.48. The summed E-state index contributed by atoms with van der Waals surface area (Å²) in [5.41, 5.74) is 0.348. The van der Waals surface area contributed by atoms with E-state index in [2.05, 4.69) is 0 Å². The summed E-state index contributed by atoms with van der Waals surface area (Å²) >= 11 is 0. The first-order chi connectivity index (χ1) is 8.52. The van der Waals surface area contributed by atoms with Crippen LogP contribution in [-0.4, -0.2) is 22.2 Å². The van der Waals surface area contributed by atoms with Gasteiger partial charge in [-0.3, -0.25) is 0 Å². The zero-order chi connectivity index (χ0) is 14.0. The number of nitrogens with zero attached hydrogens (tertiary/aromatic N) is 1. The predicted octanol–water partition coefficient (Wildman–Crippen LogP) is 2.28. The van der Waals surface area contributed by atoms with Crippen molar-refractivity contribution in [2.75, 3.05) is 0 Å². The van der Waals surface area contributed by atoms with Gasteiger partial charge in [-0.1, -0.05) is 19.4 Å². The number of aliphatic carboxylic acids is 2. The Morgan fingerprint density at radius 1 is 1.22 bits per heavy atom. The van der Waals surface area contributed by atoms with Crippen LogP contribution in [0.1, 0.15) is 26.2 Å². The van der Waals surface area contributed by atoms with E-state index in [9.17, 15) is 9.59 Å². The summed E-state index contributed by atoms with van der Waals surface area (Å²) in [6.45, 7) is 1.95. The molecule has 2 N–H and O–H groups in total. The van der Waals surface area contributed by atoms with Gasteiger partial charge in [-0.15, -0.1) is 0 Å². The second kappa shape index (κ2) is 8.76. The van der Waals surface area contributed by atoms with Gasteiger partial charge < -0.3 is 10.2 Å². The number of hydrogen-bond donors (Lipinski definition) is 2. The Bertz CT molecular complexity index is 438. The lowest BCUT2D eigenvalue weighted by atomic mass is 10.0. The first-order valence-electron chi connectivity index (χ1n) is 5.46. The molecular weight excluding hydrogens is 234 g/mol. The fraction of sp³-hybridized carbons (Fsp3) is 0.308. The number of carbonyl (C=O) groups is 2. The summed E-state index contributed by atoms with van der Waals surface area (Å²) in [5, 5.41) is 26.0. The number of rotatable bonds is 7. The van der Waals surface area contributed by atoms with E-state index < -0.39 is 11.9 Å². The van der Waals surface area contributed by atoms with Crippen molar-refractivity contribution in [3.8, 4) is 6.07 Å². The maximum atomic E-state index is 11.1. The summed E-state index contributed by atoms with van der Waals surface area (Å²) in [4.78, 5) is 21.5. The zero-order valence-corrected chi connectivity index (χ0v) is 10.1. The Hall–Kier alpha value is -2.35. The molecule has 0 rings (SSSR count). The number of nitriles is 1. The summed E-state index contributed by atoms with van der Waals surface area (Å²) < 4.78 is 0. The molecule has 5 heteroatoms. The molecule has 96 valence electrons. The van der Waals surface area contributed by atoms with Gasteiger partial charge in [0, 0.05) is 12.2 Å². The number of carboxylic acid groups (broad SMARTS) is 2. The molecule has 0 aliphatic carbocycles. The first-order valence-corrected chi connectivity index (χ1v) is 5.46. The normalized spacial score (nSPS) is 12.4. The van der Waals surface area contributed by atoms with Crippen LogP contribution < -0.4 is 0 Å². The third-order valence-electron chi connectivity index (χ3n) is 2.13. The van der Waals surface area contributed by atoms with Gasteiger partial charge in [0.05, 0.1) is 11.6 Å². The summed E-state index contributed by atoms with van der Waals surface area (Å²) in [6.07, 6.45) is 6.47. The van der Waals surface area contributed by atoms with Gasteiger partial charge in [0.25, 0.3) is 0 Å². The molecule has 0 fully saturated rings. The fourth-order valence-corrected chi connectivity index (χ4v) is 1.28. The van der Waals surface area contributed by atoms with E-state index in [-0.39, 0.29) is 5.57 Å². The molecule has 0 aliphatic rings. The van der Waals surface area contributed by atoms with Crippen LogP contribution >= 0.6 is 0 Å². The van der Waals surface area contributed by atoms with Crippen LogP contribution in [0.15, 0.2) is 35.5 Å². The lowest BCUT2D eigenvalue weighted by Gasteiger charge is -2.04. The van der Waals surface area contributed by atoms with Crippen LogP contribution in [0.3, 0.4) is 0 Å². The molecule has 0 amide bonds. The van der Waals surface area contributed by atoms with Crippen LogP contribution in [0, 0.1) is 11.3 Å². The molecule has 0 saturated heterocycles. The van der Waals surface area contributed by atoms with Crippen LogP contribution in [0.5, 0.6) is 0 Å². The molecule has 0 heterocycles. The Kier molecular flexibility index (Phi) is 7.62. The third kappa shape index (κ3) is 6.28. The highest BCUT2D eigenvalue weighted by Crippen LogP contribution is 2.16. The molecule has 0 spiro atoms. The van der Waals surface area contributed by atoms with E-state index in [4.69, 9.17) is 15.5 Å². The molecule has 0 aromatic heterocycles. The number of allylic oxidation sites excluding steroid dienone is 3. The van der Waals surface area contributed by atoms with Crippen LogP contribution in [0.2, 0.25) is 0 Å². The maximum Gasteiger partial charge on any atom is 0.335 e. The third-order valence-corrected chi connectivity index (χ3v) is 2.13. The first kappa shape index (κ1) is 15.7. The molecule has 0 bridgehead atoms. The average molecular weight is 249 g/mol. The largest absolute Gasteiger partial charge is 0.478 e. The van der Waals surface area contributed by atoms with Crippen molar-refractivity contribution < 1.29 is 19.8 Å². The molecule has 0 radical (unpaired) electrons. The van der Waals surface area contributed by atoms with E-state index in [0.29, 0.717) is 12.0 Å². The maximum absolute atomic E-state index is 11.1. The quantitative estimate of drug-likeness (QED) is 0.409. The molecule has 0 aromatic rings. The van der Waals surface area contributed by atoms with Gasteiger partial charge in [0.15, 0.2) is 0 Å². The lowest BCUT2D eigenvalue weighted by Crippen LogP contribution is -2.02. The Balaban J connectivity index is 5.40. The summed E-state index contributed by atoms with van der Waals surface area (Å²) in [5.74, 6) is -2.32. The van der Waals surface area contributed by atoms with E-state index in [1.54, 1.807) is 6.07 Å². The fourth-order valence-electron chi connectivity index (χ4n) is 1.28. The van der Waals surface area contributed by atoms with Crippen LogP contribution in [-0.2, 0) is 9.59 Å². The van der Waals surface area contributed by atoms with Crippen LogP contribution in [0.25, 0.3) is 0 Å². The van der Waals surface area contributed by atoms with Gasteiger partial charge in [0.1, 0.15) is 0 Å². The minimum atomic E-state index is -1.18. The SMILES string of the molecule is CCCCC(C=CC(=O)O)=C(C=CC#N)C(=O)O. The second-order valence-corrected chi connectivity index (χ2v) is 3.48. The highest BCUT2D eigenvalue weighted by molar-refractivity contribution is 5.92. The van der Waals surface area contributed by atoms with Gasteiger partial charge >= 0.3 is 11.9 Å². The molecule has 0 saturated carbocycles. The van der Waals surface area contributed by atoms with Crippen molar-refractivity contribution in [1.29, 1.82) is 5.26 Å². The average Bonchev–Trinajstić information content (AvgIpc) is 2.31. The van der Waals surface area contributed by atoms with Crippen molar-refractivity contribution in [1.82, 2.24) is 0 Å². The highest BCUT2D eigenvalue weighted by atomic mass is 16.4. The summed E-state index contributed by atoms with van der Waals surface area (Å²) in [7, 11) is 0. The monoisotopic (exact) mass is 249 g/mol. The Morgan fingerprint density at radius 2 is 1.89 bits per heavy atom. The van der Waals surface area contributed by atoms with E-state index in [1.165, 1.54) is 12.2 Å². The minimum absolute atomic E-state index is 0.0532. The lowest BCUT2D eigenvalue weighted by molar-refractivity contribution is -0.133. The number of carboxylic acids is 2. The van der Waals surface area contributed by atoms with E-state index in [1.807, 2.05) is 6.92 Å². The van der Waals surface area contributed by atoms with Crippen molar-refractivity contribution in [2.45, 2.75) is 26.2 Å². The predicted molar refractivity (Wildman–Crippen MR) is 65.7 cm³/mol. The molecule has 0 aromatic carbocycles. The van der Waals surface area contributed by atoms with Crippen molar-refractivity contribution in [3.05, 3.63) is 35.5 Å². The molecule has 0 atom stereocenters. The van der Waals surface area contributed by atoms with Crippen molar-refractivity contribution >= 4 is 11.9 Å². The van der Waals surface area contributed by atoms with Gasteiger partial charge in [-0.25, -0.2) is 9.59 Å². The molecular formula is C13H15NO4. The van der Waals surface area contributed by atoms with Crippen LogP contribution in [0.4, 0.5) is 0 Å². The Morgan fingerprint density at radius 3 is 2.33 bits per heavy atom. The molecule has 18 heavy (non-hydrogen) atoms. The van der Waals surface area contributed by atoms with Crippen molar-refractivity contribution in [3.63, 3.8) is 0 Å². The molecule has 5 nitrogen and oxygen atoms in total. The molecule has 0 unspecified atom stereocenters. The topological polar surface area (TPSA) is 98.4 Å². The van der Waals surface area contributed by atoms with Gasteiger partial charge in [-0.05, 0) is 24.5 Å². The standard InChI is InChI=1S/C13H15NO4/c1-2-3-5-10(7-8-12(15)16)11(13(17)18)6-4-9-14/h4,6-8H,2-3,5H2,1H3,(H,15,16)(H,17,18). The zero-order valence-electron chi connectivity index (χ0n) is 10.1. The van der Waals surface area contributed by atoms with E-state index >= 15 is 0 Å². The van der Waals surface area contributed by atoms with E-state index in [0.717, 1.165) is 25.0 Å². The summed E-state index contributed by atoms with van der Waals surface area (Å²) in [6, 6.07) is 1.71. The number of unbranched alkanes of at least 4 members (excludes halogenated alkanes) is 1. The number of hydrogen-bond acceptors (Lipinski definition) is 3. The minimum Gasteiger partial charge on any atom is -0.478 e. The van der Waals surface area contributed by atoms with Gasteiger partial charge in [0.2, 0.25) is 0 Å². The Labute approximate surface area is 105 Å². The van der Waals surface area contributed by atoms with Gasteiger partial charge in [-0.2, -0.15) is 5.26 Å². The smallest absolute Gasteiger partial charge is 0.335 e. The van der Waals surface area contributed by atoms with Crippen molar-refractivity contribution in [2.24, 2.45) is 0 Å². The highest BCUT2D eigenvalue weighted by Gasteiger charge is 2.09. The molecule has 0 aliphatic heterocycles.